The van der Waals surface area contributed by atoms with Gasteiger partial charge in [-0.3, -0.25) is 15.0 Å². The van der Waals surface area contributed by atoms with Crippen molar-refractivity contribution in [3.8, 4) is 0 Å². The van der Waals surface area contributed by atoms with Crippen molar-refractivity contribution >= 4 is 29.2 Å². The van der Waals surface area contributed by atoms with Crippen molar-refractivity contribution in [1.82, 2.24) is 19.9 Å². The van der Waals surface area contributed by atoms with Gasteiger partial charge in [-0.15, -0.1) is 0 Å². The van der Waals surface area contributed by atoms with Gasteiger partial charge < -0.3 is 5.11 Å². The van der Waals surface area contributed by atoms with E-state index in [4.69, 9.17) is 5.11 Å². The number of carbonyl (C=O) groups is 3. The number of nitrogens with one attached hydrogen (secondary N) is 1. The molecule has 2 aromatic rings. The van der Waals surface area contributed by atoms with Gasteiger partial charge in [0.2, 0.25) is 5.91 Å². The molecule has 3 rings (SSSR count). The standard InChI is InChI=1S/C11H9N5O4/c17-8-2-4-15(11(20)14-8)7-5-13-16-6(10(18)19)1-3-12-9(7)16/h1,3,5H,2,4H2,(H,18,19)(H,14,17,20). The third-order valence-corrected chi connectivity index (χ3v) is 2.95. The van der Waals surface area contributed by atoms with Crippen molar-refractivity contribution in [1.29, 1.82) is 0 Å². The molecular formula is C11H9N5O4. The van der Waals surface area contributed by atoms with Crippen molar-refractivity contribution in [2.75, 3.05) is 11.4 Å². The van der Waals surface area contributed by atoms with Gasteiger partial charge in [-0.1, -0.05) is 0 Å². The Hall–Kier alpha value is -2.97. The minimum absolute atomic E-state index is 0.0604. The number of fused-ring (bicyclic) bond motifs is 1. The zero-order valence-electron chi connectivity index (χ0n) is 10.1. The lowest BCUT2D eigenvalue weighted by atomic mass is 10.3. The summed E-state index contributed by atoms with van der Waals surface area (Å²) in [4.78, 5) is 39.3. The second-order valence-electron chi connectivity index (χ2n) is 4.16. The number of nitrogens with zero attached hydrogens (tertiary/aromatic N) is 4. The summed E-state index contributed by atoms with van der Waals surface area (Å²) in [6.45, 7) is 0.199. The number of aromatic nitrogens is 3. The van der Waals surface area contributed by atoms with Crippen molar-refractivity contribution in [2.24, 2.45) is 0 Å². The number of carboxylic acid groups (broad SMARTS) is 1. The molecule has 1 fully saturated rings. The molecule has 20 heavy (non-hydrogen) atoms. The molecule has 0 unspecified atom stereocenters. The summed E-state index contributed by atoms with van der Waals surface area (Å²) < 4.78 is 1.14. The van der Waals surface area contributed by atoms with Gasteiger partial charge in [0.1, 0.15) is 5.69 Å². The fourth-order valence-electron chi connectivity index (χ4n) is 2.03. The Labute approximate surface area is 111 Å². The number of carboxylic acids is 1. The van der Waals surface area contributed by atoms with Crippen LogP contribution in [0.3, 0.4) is 0 Å². The Bertz CT molecular complexity index is 737. The van der Waals surface area contributed by atoms with Crippen molar-refractivity contribution in [2.45, 2.75) is 6.42 Å². The van der Waals surface area contributed by atoms with E-state index in [-0.39, 0.29) is 30.2 Å². The van der Waals surface area contributed by atoms with Crippen LogP contribution in [-0.2, 0) is 4.79 Å². The second-order valence-corrected chi connectivity index (χ2v) is 4.16. The van der Waals surface area contributed by atoms with E-state index in [0.717, 1.165) is 4.52 Å². The number of rotatable bonds is 2. The van der Waals surface area contributed by atoms with E-state index in [1.807, 2.05) is 0 Å². The Morgan fingerprint density at radius 2 is 2.20 bits per heavy atom. The molecule has 1 aliphatic heterocycles. The highest BCUT2D eigenvalue weighted by Crippen LogP contribution is 2.22. The highest BCUT2D eigenvalue weighted by Gasteiger charge is 2.27. The van der Waals surface area contributed by atoms with E-state index in [1.54, 1.807) is 0 Å². The fourth-order valence-corrected chi connectivity index (χ4v) is 2.03. The summed E-state index contributed by atoms with van der Waals surface area (Å²) in [5.41, 5.74) is 0.544. The summed E-state index contributed by atoms with van der Waals surface area (Å²) in [5.74, 6) is -1.49. The van der Waals surface area contributed by atoms with Crippen LogP contribution in [0.4, 0.5) is 10.5 Å². The maximum Gasteiger partial charge on any atom is 0.354 e. The molecule has 102 valence electrons. The average molecular weight is 275 g/mol. The summed E-state index contributed by atoms with van der Waals surface area (Å²) in [5, 5.41) is 15.2. The van der Waals surface area contributed by atoms with E-state index in [2.05, 4.69) is 15.4 Å². The fraction of sp³-hybridized carbons (Fsp3) is 0.182. The Balaban J connectivity index is 2.09. The summed E-state index contributed by atoms with van der Waals surface area (Å²) in [6.07, 6.45) is 2.85. The average Bonchev–Trinajstić information content (AvgIpc) is 2.82. The first-order valence-electron chi connectivity index (χ1n) is 5.75. The molecule has 0 saturated carbocycles. The van der Waals surface area contributed by atoms with Crippen molar-refractivity contribution < 1.29 is 19.5 Å². The number of carbonyl (C=O) groups excluding carboxylic acids is 2. The topological polar surface area (TPSA) is 117 Å². The van der Waals surface area contributed by atoms with Crippen LogP contribution in [0, 0.1) is 0 Å². The minimum Gasteiger partial charge on any atom is -0.477 e. The normalized spacial score (nSPS) is 15.5. The molecule has 0 spiro atoms. The van der Waals surface area contributed by atoms with Crippen LogP contribution >= 0.6 is 0 Å². The van der Waals surface area contributed by atoms with Gasteiger partial charge >= 0.3 is 12.0 Å². The van der Waals surface area contributed by atoms with Crippen LogP contribution in [0.5, 0.6) is 0 Å². The number of amides is 3. The van der Waals surface area contributed by atoms with E-state index < -0.39 is 12.0 Å². The highest BCUT2D eigenvalue weighted by atomic mass is 16.4. The molecule has 3 amide bonds. The van der Waals surface area contributed by atoms with Gasteiger partial charge in [-0.05, 0) is 6.07 Å². The van der Waals surface area contributed by atoms with Gasteiger partial charge in [-0.25, -0.2) is 19.1 Å². The number of hydrogen-bond acceptors (Lipinski definition) is 5. The largest absolute Gasteiger partial charge is 0.477 e. The first-order chi connectivity index (χ1) is 9.58. The molecule has 0 bridgehead atoms. The zero-order chi connectivity index (χ0) is 14.3. The first-order valence-corrected chi connectivity index (χ1v) is 5.75. The molecule has 0 aromatic carbocycles. The van der Waals surface area contributed by atoms with Gasteiger partial charge in [-0.2, -0.15) is 5.10 Å². The first kappa shape index (κ1) is 12.1. The predicted octanol–water partition coefficient (Wildman–Crippen LogP) is -0.126. The second kappa shape index (κ2) is 4.30. The van der Waals surface area contributed by atoms with Gasteiger partial charge in [0, 0.05) is 19.2 Å². The number of imide groups is 1. The van der Waals surface area contributed by atoms with Crippen LogP contribution < -0.4 is 10.2 Å². The molecule has 2 N–H and O–H groups in total. The maximum absolute atomic E-state index is 11.8. The monoisotopic (exact) mass is 275 g/mol. The minimum atomic E-state index is -1.15. The van der Waals surface area contributed by atoms with Crippen LogP contribution in [0.15, 0.2) is 18.5 Å². The number of hydrogen-bond donors (Lipinski definition) is 2. The molecule has 0 aliphatic carbocycles. The smallest absolute Gasteiger partial charge is 0.354 e. The highest BCUT2D eigenvalue weighted by molar-refractivity contribution is 6.07. The van der Waals surface area contributed by atoms with Crippen molar-refractivity contribution in [3.63, 3.8) is 0 Å². The molecule has 0 radical (unpaired) electrons. The number of urea groups is 1. The molecule has 1 saturated heterocycles. The predicted molar refractivity (Wildman–Crippen MR) is 65.4 cm³/mol. The molecular weight excluding hydrogens is 266 g/mol. The van der Waals surface area contributed by atoms with E-state index in [9.17, 15) is 14.4 Å². The maximum atomic E-state index is 11.8. The lowest BCUT2D eigenvalue weighted by Gasteiger charge is -2.25. The molecule has 9 nitrogen and oxygen atoms in total. The molecule has 9 heteroatoms. The zero-order valence-corrected chi connectivity index (χ0v) is 10.1. The summed E-state index contributed by atoms with van der Waals surface area (Å²) in [7, 11) is 0. The van der Waals surface area contributed by atoms with Gasteiger partial charge in [0.25, 0.3) is 0 Å². The SMILES string of the molecule is O=C1CCN(c2cnn3c(C(=O)O)ccnc23)C(=O)N1. The van der Waals surface area contributed by atoms with E-state index in [0.29, 0.717) is 5.69 Å². The third-order valence-electron chi connectivity index (χ3n) is 2.95. The van der Waals surface area contributed by atoms with Gasteiger partial charge in [0.15, 0.2) is 11.3 Å². The lowest BCUT2D eigenvalue weighted by Crippen LogP contribution is -2.49. The van der Waals surface area contributed by atoms with Crippen molar-refractivity contribution in [3.05, 3.63) is 24.2 Å². The Kier molecular flexibility index (Phi) is 2.60. The Morgan fingerprint density at radius 1 is 1.40 bits per heavy atom. The number of anilines is 1. The summed E-state index contributed by atoms with van der Waals surface area (Å²) >= 11 is 0. The van der Waals surface area contributed by atoms with E-state index >= 15 is 0 Å². The van der Waals surface area contributed by atoms with Crippen LogP contribution in [-0.4, -0.2) is 44.2 Å². The van der Waals surface area contributed by atoms with Crippen LogP contribution in [0.1, 0.15) is 16.9 Å². The Morgan fingerprint density at radius 3 is 2.90 bits per heavy atom. The van der Waals surface area contributed by atoms with E-state index in [1.165, 1.54) is 23.4 Å². The van der Waals surface area contributed by atoms with Gasteiger partial charge in [0.05, 0.1) is 6.20 Å². The molecule has 0 atom stereocenters. The number of aromatic carboxylic acids is 1. The van der Waals surface area contributed by atoms with Crippen LogP contribution in [0.2, 0.25) is 0 Å². The molecule has 2 aromatic heterocycles. The lowest BCUT2D eigenvalue weighted by molar-refractivity contribution is -0.120. The van der Waals surface area contributed by atoms with Crippen LogP contribution in [0.25, 0.3) is 5.65 Å². The third kappa shape index (κ3) is 1.76. The quantitative estimate of drug-likeness (QED) is 0.788. The molecule has 3 heterocycles. The molecule has 1 aliphatic rings. The summed E-state index contributed by atoms with van der Waals surface area (Å²) in [6, 6.07) is 0.741.